The van der Waals surface area contributed by atoms with Crippen molar-refractivity contribution < 1.29 is 36.2 Å². The van der Waals surface area contributed by atoms with Gasteiger partial charge in [-0.25, -0.2) is 0 Å². The van der Waals surface area contributed by atoms with E-state index >= 15 is 0 Å². The van der Waals surface area contributed by atoms with Crippen molar-refractivity contribution in [1.29, 1.82) is 0 Å². The molecule has 0 aliphatic rings. The number of nitrogens with zero attached hydrogens (tertiary/aromatic N) is 1. The van der Waals surface area contributed by atoms with Crippen molar-refractivity contribution >= 4 is 49.6 Å². The van der Waals surface area contributed by atoms with Gasteiger partial charge in [-0.05, 0) is 0 Å². The molecule has 0 aliphatic carbocycles. The van der Waals surface area contributed by atoms with Gasteiger partial charge in [-0.1, -0.05) is 0 Å². The summed E-state index contributed by atoms with van der Waals surface area (Å²) in [6.07, 6.45) is 0. The molecule has 8 heavy (non-hydrogen) atoms. The summed E-state index contributed by atoms with van der Waals surface area (Å²) >= 11 is 0. The van der Waals surface area contributed by atoms with E-state index < -0.39 is 0 Å². The molecule has 1 N–H and O–H groups in total. The summed E-state index contributed by atoms with van der Waals surface area (Å²) in [4.78, 5) is 8.11. The monoisotopic (exact) mass is 215 g/mol. The smallest absolute Gasteiger partial charge is 1.00 e. The average molecular weight is 217 g/mol. The van der Waals surface area contributed by atoms with Crippen molar-refractivity contribution in [3.8, 4) is 0 Å². The molecular formula is H6Cl4NNaO2. The molecule has 8 heteroatoms. The third kappa shape index (κ3) is 134. The van der Waals surface area contributed by atoms with Crippen LogP contribution in [0.1, 0.15) is 1.43 Å². The Bertz CT molecular complexity index is 26.0. The Morgan fingerprint density at radius 2 is 1.12 bits per heavy atom. The van der Waals surface area contributed by atoms with Crippen LogP contribution in [0.4, 0.5) is 0 Å². The molecule has 3 nitrogen and oxygen atoms in total. The summed E-state index contributed by atoms with van der Waals surface area (Å²) in [7, 11) is 0. The molecule has 0 radical (unpaired) electrons. The molecule has 0 heterocycles. The molecular weight excluding hydrogens is 211 g/mol. The van der Waals surface area contributed by atoms with Gasteiger partial charge in [0.05, 0.1) is 0 Å². The zero-order valence-corrected chi connectivity index (χ0v) is 9.20. The first-order valence-electron chi connectivity index (χ1n) is 0.383. The fourth-order valence-corrected chi connectivity index (χ4v) is 0. The maximum Gasteiger partial charge on any atom is 1.00 e. The Morgan fingerprint density at radius 3 is 1.12 bits per heavy atom. The summed E-state index contributed by atoms with van der Waals surface area (Å²) < 4.78 is 0. The molecule has 0 aromatic heterocycles. The molecule has 0 atom stereocenters. The van der Waals surface area contributed by atoms with Crippen molar-refractivity contribution in [3.05, 3.63) is 4.91 Å². The van der Waals surface area contributed by atoms with Crippen LogP contribution in [0.5, 0.6) is 0 Å². The SMILES string of the molecule is Cl.Cl.Cl.Cl.O=NO.[H-].[Na+]. The minimum atomic E-state index is 0. The Kier molecular flexibility index (Phi) is 516. The van der Waals surface area contributed by atoms with Crippen LogP contribution in [-0.2, 0) is 0 Å². The van der Waals surface area contributed by atoms with Crippen LogP contribution in [0.15, 0.2) is 5.34 Å². The molecule has 0 saturated carbocycles. The van der Waals surface area contributed by atoms with Crippen LogP contribution in [0.25, 0.3) is 0 Å². The fourth-order valence-electron chi connectivity index (χ4n) is 0. The van der Waals surface area contributed by atoms with E-state index in [0.717, 1.165) is 0 Å². The van der Waals surface area contributed by atoms with Crippen molar-refractivity contribution in [2.75, 3.05) is 0 Å². The molecule has 0 aromatic rings. The predicted molar refractivity (Wildman–Crippen MR) is 37.7 cm³/mol. The Balaban J connectivity index is -0.00000000133. The van der Waals surface area contributed by atoms with E-state index in [2.05, 4.69) is 0 Å². The summed E-state index contributed by atoms with van der Waals surface area (Å²) in [5.41, 5.74) is 0. The van der Waals surface area contributed by atoms with Crippen LogP contribution in [0.2, 0.25) is 0 Å². The number of halogens is 4. The molecule has 0 unspecified atom stereocenters. The maximum absolute atomic E-state index is 8.11. The normalized spacial score (nSPS) is 1.50. The quantitative estimate of drug-likeness (QED) is 0.319. The molecule has 0 fully saturated rings. The van der Waals surface area contributed by atoms with E-state index in [1.165, 1.54) is 5.34 Å². The number of rotatable bonds is 0. The second-order valence-corrected chi connectivity index (χ2v) is 0.0816. The van der Waals surface area contributed by atoms with Crippen molar-refractivity contribution in [3.63, 3.8) is 0 Å². The van der Waals surface area contributed by atoms with Gasteiger partial charge >= 0.3 is 29.6 Å². The van der Waals surface area contributed by atoms with Crippen LogP contribution in [0, 0.1) is 4.91 Å². The summed E-state index contributed by atoms with van der Waals surface area (Å²) in [6, 6.07) is 0. The Morgan fingerprint density at radius 1 is 1.12 bits per heavy atom. The number of hydrogen-bond acceptors (Lipinski definition) is 2. The van der Waals surface area contributed by atoms with Gasteiger partial charge < -0.3 is 6.63 Å². The first kappa shape index (κ1) is 55.3. The van der Waals surface area contributed by atoms with E-state index in [4.69, 9.17) is 10.1 Å². The molecule has 0 amide bonds. The van der Waals surface area contributed by atoms with Gasteiger partial charge in [0.25, 0.3) is 0 Å². The molecule has 0 saturated heterocycles. The van der Waals surface area contributed by atoms with Gasteiger partial charge in [-0.3, -0.25) is 0 Å². The average Bonchev–Trinajstić information content (AvgIpc) is 0.918. The van der Waals surface area contributed by atoms with Gasteiger partial charge in [0, 0.05) is 0 Å². The first-order chi connectivity index (χ1) is 1.41. The predicted octanol–water partition coefficient (Wildman–Crippen LogP) is -1.05. The van der Waals surface area contributed by atoms with Gasteiger partial charge in [-0.2, -0.15) is 0 Å². The molecule has 0 aromatic carbocycles. The molecule has 0 bridgehead atoms. The van der Waals surface area contributed by atoms with E-state index in [0.29, 0.717) is 0 Å². The second kappa shape index (κ2) is 74.7. The standard InChI is InChI=1S/4ClH.HNO2.Na.H/c;;;;2-1-3;;/h4*1H;(H,2,3);;/q;;;;;+1;-1. The topological polar surface area (TPSA) is 49.7 Å². The molecule has 52 valence electrons. The van der Waals surface area contributed by atoms with Crippen LogP contribution >= 0.6 is 49.6 Å². The third-order valence-electron chi connectivity index (χ3n) is 0. The second-order valence-electron chi connectivity index (χ2n) is 0.0816. The minimum absolute atomic E-state index is 0. The van der Waals surface area contributed by atoms with Crippen LogP contribution in [0.3, 0.4) is 0 Å². The van der Waals surface area contributed by atoms with E-state index in [-0.39, 0.29) is 80.6 Å². The molecule has 0 rings (SSSR count). The minimum Gasteiger partial charge on any atom is -1.00 e. The largest absolute Gasteiger partial charge is 1.00 e. The van der Waals surface area contributed by atoms with Crippen molar-refractivity contribution in [2.45, 2.75) is 0 Å². The van der Waals surface area contributed by atoms with Gasteiger partial charge in [0.1, 0.15) is 0 Å². The van der Waals surface area contributed by atoms with E-state index in [1.54, 1.807) is 0 Å². The summed E-state index contributed by atoms with van der Waals surface area (Å²) in [5.74, 6) is 0. The summed E-state index contributed by atoms with van der Waals surface area (Å²) in [5, 5.41) is 7.89. The zero-order valence-electron chi connectivity index (χ0n) is 4.94. The van der Waals surface area contributed by atoms with Gasteiger partial charge in [-0.15, -0.1) is 54.5 Å². The fraction of sp³-hybridized carbons (Fsp3) is 0. The Labute approximate surface area is 95.3 Å². The van der Waals surface area contributed by atoms with Crippen LogP contribution in [-0.4, -0.2) is 5.21 Å². The zero-order chi connectivity index (χ0) is 2.71. The number of hydrogen-bond donors (Lipinski definition) is 1. The molecule has 0 spiro atoms. The molecule has 0 aliphatic heterocycles. The van der Waals surface area contributed by atoms with Gasteiger partial charge in [0.2, 0.25) is 0 Å². The summed E-state index contributed by atoms with van der Waals surface area (Å²) in [6.45, 7) is 0. The van der Waals surface area contributed by atoms with E-state index in [1.807, 2.05) is 0 Å². The van der Waals surface area contributed by atoms with Crippen molar-refractivity contribution in [1.82, 2.24) is 0 Å². The van der Waals surface area contributed by atoms with E-state index in [9.17, 15) is 0 Å². The van der Waals surface area contributed by atoms with Crippen LogP contribution < -0.4 is 29.6 Å². The van der Waals surface area contributed by atoms with Gasteiger partial charge in [0.15, 0.2) is 5.34 Å². The first-order valence-corrected chi connectivity index (χ1v) is 0.383. The maximum atomic E-state index is 8.11. The third-order valence-corrected chi connectivity index (χ3v) is 0. The Hall–Kier alpha value is 1.56. The van der Waals surface area contributed by atoms with Crippen molar-refractivity contribution in [2.24, 2.45) is 5.34 Å².